The number of carboxylic acid groups (broad SMARTS) is 1. The molecule has 2 unspecified atom stereocenters. The molecule has 0 saturated carbocycles. The summed E-state index contributed by atoms with van der Waals surface area (Å²) in [6, 6.07) is 0. The number of anilines is 2. The summed E-state index contributed by atoms with van der Waals surface area (Å²) >= 11 is 1.77. The Morgan fingerprint density at radius 2 is 1.15 bits per heavy atom. The molecule has 0 aliphatic carbocycles. The van der Waals surface area contributed by atoms with E-state index >= 15 is 0 Å². The van der Waals surface area contributed by atoms with Gasteiger partial charge in [0.05, 0.1) is 63.1 Å². The van der Waals surface area contributed by atoms with Gasteiger partial charge in [0.1, 0.15) is 42.2 Å². The Labute approximate surface area is 459 Å². The van der Waals surface area contributed by atoms with E-state index in [9.17, 15) is 63.7 Å². The fourth-order valence-electron chi connectivity index (χ4n) is 7.26. The van der Waals surface area contributed by atoms with Crippen molar-refractivity contribution in [3.8, 4) is 0 Å². The average Bonchev–Trinajstić information content (AvgIpc) is 4.30. The van der Waals surface area contributed by atoms with Crippen LogP contribution in [0.15, 0.2) is 22.2 Å². The molecular weight excluding hydrogens is 1130 g/mol. The van der Waals surface area contributed by atoms with Crippen LogP contribution in [0.4, 0.5) is 11.9 Å². The topological polar surface area (TPSA) is 489 Å². The summed E-state index contributed by atoms with van der Waals surface area (Å²) in [6.45, 7) is 6.74. The highest BCUT2D eigenvalue weighted by atomic mass is 32.2. The van der Waals surface area contributed by atoms with Crippen molar-refractivity contribution in [2.45, 2.75) is 89.6 Å². The zero-order valence-electron chi connectivity index (χ0n) is 44.3. The molecule has 6 rings (SSSR count). The second-order valence-electron chi connectivity index (χ2n) is 20.0. The zero-order valence-corrected chi connectivity index (χ0v) is 47.8. The number of carbonyl (C=O) groups excluding carboxylic acids is 2. The lowest BCUT2D eigenvalue weighted by molar-refractivity contribution is -0.135. The molecular formula is C42H69N13O20P2S2. The number of aliphatic hydroxyl groups is 6. The Hall–Kier alpha value is -4.33. The second-order valence-corrected chi connectivity index (χ2v) is 25.8. The van der Waals surface area contributed by atoms with Gasteiger partial charge in [0.2, 0.25) is 11.9 Å². The SMILES string of the molecule is CC(C)(CO)C(=O)SCCOP(=O)(NCC(=O)O)OC[C@H]1O[C@@H](n2cnc3c(=O)[nH]c(N)nc32)[C@](C)(O)[C@@H]1O.CN(C)CCNP(=O)(OCCSC(=O)C(C)(C)CO)OC[C@H]1O[C@@H](n2cnc3c(=O)[nH]c(N)nc32)[C@](C)(O)[C@@H]1O. The van der Waals surface area contributed by atoms with Crippen molar-refractivity contribution in [3.63, 3.8) is 0 Å². The van der Waals surface area contributed by atoms with Gasteiger partial charge in [-0.3, -0.25) is 61.2 Å². The number of nitrogen functional groups attached to an aromatic ring is 2. The predicted molar refractivity (Wildman–Crippen MR) is 284 cm³/mol. The fraction of sp³-hybridized carbons (Fsp3) is 0.690. The van der Waals surface area contributed by atoms with Crippen LogP contribution in [-0.2, 0) is 51.1 Å². The first-order chi connectivity index (χ1) is 36.7. The number of aliphatic hydroxyl groups excluding tert-OH is 4. The van der Waals surface area contributed by atoms with Crippen molar-refractivity contribution in [2.75, 3.05) is 96.3 Å². The first-order valence-corrected chi connectivity index (χ1v) is 29.1. The number of nitrogens with one attached hydrogen (secondary N) is 4. The van der Waals surface area contributed by atoms with Crippen LogP contribution in [0.3, 0.4) is 0 Å². The maximum atomic E-state index is 13.5. The number of ether oxygens (including phenoxy) is 2. The standard InChI is InChI=1S/C22H38N7O9PS.C20H31N6O11PS/c1-21(2,11-30)19(33)40-9-8-36-39(35,25-6-7-28(4)5)37-10-13-15(31)22(3,34)18(38-13)29-12-24-14-16(29)26-20(23)27-17(14)32;1-19(2,8-27)17(32)39-5-4-35-38(34,23-6-11(28)29)36-7-10-13(30)20(3,33)16(37-10)26-9-22-12-14(26)24-18(21)25-15(12)31/h12-13,15,18,30-31,34H,6-11H2,1-5H3,(H,25,35)(H3,23,26,27,32);9-10,13,16,27,30,33H,4-8H2,1-3H3,(H,23,34)(H,28,29)(H3,21,24,25,31)/t13-,15-,18-,22-,39?;10-,13-,16-,20-,38?/m11/s1. The number of aromatic nitrogens is 8. The van der Waals surface area contributed by atoms with Crippen molar-refractivity contribution in [1.29, 1.82) is 0 Å². The molecule has 33 nitrogen and oxygen atoms in total. The molecule has 6 heterocycles. The molecule has 0 spiro atoms. The van der Waals surface area contributed by atoms with Gasteiger partial charge in [0.15, 0.2) is 45.0 Å². The Morgan fingerprint density at radius 3 is 1.52 bits per heavy atom. The number of nitrogens with two attached hydrogens (primary N) is 2. The third kappa shape index (κ3) is 16.2. The number of carboxylic acids is 1. The first kappa shape index (κ1) is 65.5. The summed E-state index contributed by atoms with van der Waals surface area (Å²) in [4.78, 5) is 82.1. The number of thioether (sulfide) groups is 2. The molecule has 0 radical (unpaired) electrons. The highest BCUT2D eigenvalue weighted by molar-refractivity contribution is 8.14. The summed E-state index contributed by atoms with van der Waals surface area (Å²) in [5, 5.41) is 75.7. The molecule has 4 aromatic heterocycles. The van der Waals surface area contributed by atoms with Crippen molar-refractivity contribution in [1.82, 2.24) is 54.1 Å². The summed E-state index contributed by atoms with van der Waals surface area (Å²) in [5.74, 6) is -1.56. The number of rotatable bonds is 27. The minimum Gasteiger partial charge on any atom is -0.480 e. The maximum absolute atomic E-state index is 13.5. The maximum Gasteiger partial charge on any atom is 0.406 e. The largest absolute Gasteiger partial charge is 0.480 e. The van der Waals surface area contributed by atoms with Crippen LogP contribution in [0, 0.1) is 10.8 Å². The summed E-state index contributed by atoms with van der Waals surface area (Å²) in [6.07, 6.45) is -5.74. The minimum atomic E-state index is -4.30. The molecule has 79 heavy (non-hydrogen) atoms. The van der Waals surface area contributed by atoms with E-state index in [1.165, 1.54) is 35.6 Å². The van der Waals surface area contributed by atoms with Crippen LogP contribution in [-0.4, -0.2) is 216 Å². The number of hydrogen-bond donors (Lipinski definition) is 13. The van der Waals surface area contributed by atoms with Gasteiger partial charge in [-0.05, 0) is 55.6 Å². The Kier molecular flexibility index (Phi) is 22.1. The predicted octanol–water partition coefficient (Wildman–Crippen LogP) is -1.91. The number of hydrogen-bond acceptors (Lipinski definition) is 28. The molecule has 2 fully saturated rings. The van der Waals surface area contributed by atoms with E-state index in [2.05, 4.69) is 40.1 Å². The fourth-order valence-corrected chi connectivity index (χ4v) is 11.7. The van der Waals surface area contributed by atoms with Gasteiger partial charge in [0, 0.05) is 24.6 Å². The van der Waals surface area contributed by atoms with Gasteiger partial charge in [-0.15, -0.1) is 0 Å². The monoisotopic (exact) mass is 1200 g/mol. The van der Waals surface area contributed by atoms with E-state index in [4.69, 9.17) is 44.1 Å². The second kappa shape index (κ2) is 26.7. The van der Waals surface area contributed by atoms with Crippen LogP contribution in [0.5, 0.6) is 0 Å². The number of imidazole rings is 2. The Balaban J connectivity index is 0.000000291. The van der Waals surface area contributed by atoms with E-state index < -0.39 is 111 Å². The van der Waals surface area contributed by atoms with Crippen molar-refractivity contribution in [2.24, 2.45) is 10.8 Å². The van der Waals surface area contributed by atoms with Crippen LogP contribution >= 0.6 is 39.0 Å². The average molecular weight is 1200 g/mol. The number of aliphatic carboxylic acids is 1. The lowest BCUT2D eigenvalue weighted by atomic mass is 9.96. The lowest BCUT2D eigenvalue weighted by Gasteiger charge is -2.27. The highest BCUT2D eigenvalue weighted by Gasteiger charge is 2.55. The van der Waals surface area contributed by atoms with E-state index in [0.29, 0.717) is 6.54 Å². The summed E-state index contributed by atoms with van der Waals surface area (Å²) in [5.41, 5.74) is 4.16. The van der Waals surface area contributed by atoms with Gasteiger partial charge in [-0.2, -0.15) is 9.97 Å². The van der Waals surface area contributed by atoms with Gasteiger partial charge in [0.25, 0.3) is 11.1 Å². The molecule has 0 aromatic carbocycles. The Morgan fingerprint density at radius 1 is 0.759 bits per heavy atom. The number of H-pyrrole nitrogens is 2. The third-order valence-corrected chi connectivity index (χ3v) is 17.6. The lowest BCUT2D eigenvalue weighted by Crippen LogP contribution is -2.44. The van der Waals surface area contributed by atoms with E-state index in [-0.39, 0.29) is 88.9 Å². The van der Waals surface area contributed by atoms with Crippen molar-refractivity contribution < 1.29 is 86.8 Å². The Bertz CT molecular complexity index is 2990. The summed E-state index contributed by atoms with van der Waals surface area (Å²) in [7, 11) is -4.59. The quantitative estimate of drug-likeness (QED) is 0.0229. The molecule has 15 N–H and O–H groups in total. The smallest absolute Gasteiger partial charge is 0.406 e. The van der Waals surface area contributed by atoms with Crippen molar-refractivity contribution in [3.05, 3.63) is 33.4 Å². The molecule has 2 saturated heterocycles. The molecule has 0 amide bonds. The van der Waals surface area contributed by atoms with Gasteiger partial charge in [-0.1, -0.05) is 23.5 Å². The molecule has 37 heteroatoms. The number of fused-ring (bicyclic) bond motifs is 2. The van der Waals surface area contributed by atoms with Crippen LogP contribution in [0.25, 0.3) is 22.3 Å². The minimum absolute atomic E-state index is 0.0205. The van der Waals surface area contributed by atoms with Gasteiger partial charge in [-0.25, -0.2) is 29.3 Å². The number of nitrogens with zero attached hydrogens (tertiary/aromatic N) is 7. The molecule has 444 valence electrons. The molecule has 4 aromatic rings. The molecule has 2 aliphatic rings. The van der Waals surface area contributed by atoms with E-state index in [0.717, 1.165) is 23.5 Å². The van der Waals surface area contributed by atoms with Crippen LogP contribution < -0.4 is 32.8 Å². The van der Waals surface area contributed by atoms with Crippen LogP contribution in [0.1, 0.15) is 54.0 Å². The molecule has 2 aliphatic heterocycles. The molecule has 0 bridgehead atoms. The van der Waals surface area contributed by atoms with E-state index in [1.54, 1.807) is 27.7 Å². The highest BCUT2D eigenvalue weighted by Crippen LogP contribution is 2.48. The number of aromatic amines is 2. The first-order valence-electron chi connectivity index (χ1n) is 24.0. The van der Waals surface area contributed by atoms with Gasteiger partial charge >= 0.3 is 21.5 Å². The molecule has 10 atom stereocenters. The normalized spacial score (nSPS) is 25.1. The number of likely N-dealkylation sites (N-methyl/N-ethyl adjacent to an activating group) is 1. The summed E-state index contributed by atoms with van der Waals surface area (Å²) < 4.78 is 62.5. The van der Waals surface area contributed by atoms with Crippen molar-refractivity contribution >= 4 is 89.4 Å². The third-order valence-electron chi connectivity index (χ3n) is 12.1. The zero-order chi connectivity index (χ0) is 59.1. The number of carbonyl (C=O) groups is 3. The van der Waals surface area contributed by atoms with Gasteiger partial charge < -0.3 is 61.6 Å². The van der Waals surface area contributed by atoms with Crippen LogP contribution in [0.2, 0.25) is 0 Å². The van der Waals surface area contributed by atoms with E-state index in [1.807, 2.05) is 19.0 Å².